The molecule has 3 aliphatic rings. The molecule has 0 aromatic carbocycles. The van der Waals surface area contributed by atoms with Crippen LogP contribution < -0.4 is 10.2 Å². The number of fused-ring (bicyclic) bond motifs is 1. The Morgan fingerprint density at radius 1 is 1.00 bits per heavy atom. The topological polar surface area (TPSA) is 45.5 Å². The normalized spacial score (nSPS) is 25.5. The fraction of sp³-hybridized carbons (Fsp3) is 0.647. The Labute approximate surface area is 130 Å². The number of rotatable bonds is 3. The molecule has 0 radical (unpaired) electrons. The molecule has 1 unspecified atom stereocenters. The molecule has 5 nitrogen and oxygen atoms in total. The van der Waals surface area contributed by atoms with E-state index in [0.717, 1.165) is 25.3 Å². The van der Waals surface area contributed by atoms with Gasteiger partial charge in [-0.15, -0.1) is 0 Å². The monoisotopic (exact) mass is 297 g/mol. The molecule has 22 heavy (non-hydrogen) atoms. The van der Waals surface area contributed by atoms with E-state index in [1.54, 1.807) is 0 Å². The van der Waals surface area contributed by atoms with E-state index >= 15 is 0 Å². The van der Waals surface area contributed by atoms with Gasteiger partial charge in [0.25, 0.3) is 0 Å². The summed E-state index contributed by atoms with van der Waals surface area (Å²) in [6.45, 7) is 3.42. The molecule has 4 heterocycles. The average molecular weight is 297 g/mol. The molecule has 1 aliphatic carbocycles. The van der Waals surface area contributed by atoms with Crippen LogP contribution in [0.4, 0.5) is 5.82 Å². The molecule has 0 spiro atoms. The van der Waals surface area contributed by atoms with Gasteiger partial charge >= 0.3 is 0 Å². The summed E-state index contributed by atoms with van der Waals surface area (Å²) in [5.74, 6) is 1.94. The highest BCUT2D eigenvalue weighted by atomic mass is 15.4. The van der Waals surface area contributed by atoms with Crippen LogP contribution in [0.25, 0.3) is 5.65 Å². The zero-order valence-corrected chi connectivity index (χ0v) is 13.0. The lowest BCUT2D eigenvalue weighted by Gasteiger charge is -2.33. The van der Waals surface area contributed by atoms with Gasteiger partial charge in [-0.25, -0.2) is 4.98 Å². The van der Waals surface area contributed by atoms with Gasteiger partial charge in [-0.1, -0.05) is 6.42 Å². The van der Waals surface area contributed by atoms with Crippen LogP contribution in [-0.2, 0) is 0 Å². The summed E-state index contributed by atoms with van der Waals surface area (Å²) >= 11 is 0. The van der Waals surface area contributed by atoms with E-state index in [1.165, 1.54) is 55.7 Å². The Morgan fingerprint density at radius 3 is 2.59 bits per heavy atom. The quantitative estimate of drug-likeness (QED) is 0.946. The standard InChI is InChI=1S/C17H23N5/c1-2-7-18-13(4-1)15-10-16-19-14(12-5-6-12)11-17(22(16)20-15)21-8-3-9-21/h10-13,18H,1-9H2. The SMILES string of the molecule is c1c(C2CC2)nc2cc(C3CCCCN3)nn2c1N1CCC1. The van der Waals surface area contributed by atoms with Gasteiger partial charge in [0.15, 0.2) is 5.65 Å². The van der Waals surface area contributed by atoms with Crippen molar-refractivity contribution < 1.29 is 0 Å². The first-order valence-corrected chi connectivity index (χ1v) is 8.77. The lowest BCUT2D eigenvalue weighted by atomic mass is 10.0. The van der Waals surface area contributed by atoms with Crippen LogP contribution >= 0.6 is 0 Å². The van der Waals surface area contributed by atoms with Crippen molar-refractivity contribution >= 4 is 11.5 Å². The molecule has 1 saturated carbocycles. The maximum Gasteiger partial charge on any atom is 0.157 e. The van der Waals surface area contributed by atoms with E-state index < -0.39 is 0 Å². The lowest BCUT2D eigenvalue weighted by Crippen LogP contribution is -2.38. The third kappa shape index (κ3) is 2.10. The minimum absolute atomic E-state index is 0.407. The van der Waals surface area contributed by atoms with E-state index in [2.05, 4.69) is 26.9 Å². The maximum atomic E-state index is 4.91. The molecule has 5 heteroatoms. The highest BCUT2D eigenvalue weighted by Gasteiger charge is 2.29. The predicted molar refractivity (Wildman–Crippen MR) is 86.4 cm³/mol. The van der Waals surface area contributed by atoms with Crippen molar-refractivity contribution in [1.82, 2.24) is 19.9 Å². The summed E-state index contributed by atoms with van der Waals surface area (Å²) in [5.41, 5.74) is 3.48. The first-order chi connectivity index (χ1) is 10.9. The molecule has 2 aromatic rings. The second-order valence-electron chi connectivity index (χ2n) is 7.00. The molecule has 1 N–H and O–H groups in total. The third-order valence-electron chi connectivity index (χ3n) is 5.29. The summed E-state index contributed by atoms with van der Waals surface area (Å²) in [5, 5.41) is 8.52. The minimum Gasteiger partial charge on any atom is -0.356 e. The fourth-order valence-corrected chi connectivity index (χ4v) is 3.63. The molecule has 1 atom stereocenters. The van der Waals surface area contributed by atoms with Crippen LogP contribution in [0.5, 0.6) is 0 Å². The van der Waals surface area contributed by atoms with Gasteiger partial charge in [-0.2, -0.15) is 9.61 Å². The minimum atomic E-state index is 0.407. The second-order valence-corrected chi connectivity index (χ2v) is 7.00. The molecule has 0 bridgehead atoms. The summed E-state index contributed by atoms with van der Waals surface area (Å²) in [4.78, 5) is 7.34. The van der Waals surface area contributed by atoms with E-state index in [9.17, 15) is 0 Å². The Hall–Kier alpha value is -1.62. The molecule has 2 aromatic heterocycles. The third-order valence-corrected chi connectivity index (χ3v) is 5.29. The summed E-state index contributed by atoms with van der Waals surface area (Å²) in [6.07, 6.45) is 7.67. The zero-order valence-electron chi connectivity index (χ0n) is 13.0. The number of nitrogens with one attached hydrogen (secondary N) is 1. The van der Waals surface area contributed by atoms with Crippen LogP contribution in [0, 0.1) is 0 Å². The van der Waals surface area contributed by atoms with Crippen molar-refractivity contribution in [1.29, 1.82) is 0 Å². The molecule has 2 saturated heterocycles. The molecule has 5 rings (SSSR count). The molecular formula is C17H23N5. The Balaban J connectivity index is 1.59. The number of hydrogen-bond donors (Lipinski definition) is 1. The molecule has 0 amide bonds. The Morgan fingerprint density at radius 2 is 1.91 bits per heavy atom. The van der Waals surface area contributed by atoms with Crippen molar-refractivity contribution in [2.45, 2.75) is 50.5 Å². The van der Waals surface area contributed by atoms with E-state index in [1.807, 2.05) is 0 Å². The maximum absolute atomic E-state index is 4.91. The van der Waals surface area contributed by atoms with E-state index in [4.69, 9.17) is 10.1 Å². The second kappa shape index (κ2) is 4.95. The summed E-state index contributed by atoms with van der Waals surface area (Å²) < 4.78 is 2.08. The highest BCUT2D eigenvalue weighted by molar-refractivity contribution is 5.54. The van der Waals surface area contributed by atoms with Crippen LogP contribution in [0.2, 0.25) is 0 Å². The van der Waals surface area contributed by atoms with Gasteiger partial charge in [0.1, 0.15) is 5.82 Å². The van der Waals surface area contributed by atoms with Crippen molar-refractivity contribution in [3.63, 3.8) is 0 Å². The Kier molecular flexibility index (Phi) is 2.90. The predicted octanol–water partition coefficient (Wildman–Crippen LogP) is 2.63. The summed E-state index contributed by atoms with van der Waals surface area (Å²) in [6, 6.07) is 4.90. The zero-order chi connectivity index (χ0) is 14.5. The van der Waals surface area contributed by atoms with Crippen LogP contribution in [-0.4, -0.2) is 34.2 Å². The van der Waals surface area contributed by atoms with Gasteiger partial charge in [-0.05, 0) is 38.6 Å². The van der Waals surface area contributed by atoms with E-state index in [-0.39, 0.29) is 0 Å². The first-order valence-electron chi connectivity index (χ1n) is 8.77. The molecule has 2 aliphatic heterocycles. The van der Waals surface area contributed by atoms with Crippen LogP contribution in [0.15, 0.2) is 12.1 Å². The molecule has 3 fully saturated rings. The summed E-state index contributed by atoms with van der Waals surface area (Å²) in [7, 11) is 0. The number of piperidine rings is 1. The van der Waals surface area contributed by atoms with Gasteiger partial charge in [0, 0.05) is 36.8 Å². The van der Waals surface area contributed by atoms with Crippen LogP contribution in [0.1, 0.15) is 61.9 Å². The number of anilines is 1. The number of aromatic nitrogens is 3. The largest absolute Gasteiger partial charge is 0.356 e. The lowest BCUT2D eigenvalue weighted by molar-refractivity contribution is 0.404. The fourth-order valence-electron chi connectivity index (χ4n) is 3.63. The Bertz CT molecular complexity index is 692. The van der Waals surface area contributed by atoms with E-state index in [0.29, 0.717) is 12.0 Å². The number of nitrogens with zero attached hydrogens (tertiary/aromatic N) is 4. The molecular weight excluding hydrogens is 274 g/mol. The first kappa shape index (κ1) is 12.9. The van der Waals surface area contributed by atoms with Crippen molar-refractivity contribution in [3.8, 4) is 0 Å². The van der Waals surface area contributed by atoms with Crippen LogP contribution in [0.3, 0.4) is 0 Å². The average Bonchev–Trinajstić information content (AvgIpc) is 3.25. The highest BCUT2D eigenvalue weighted by Crippen LogP contribution is 2.40. The van der Waals surface area contributed by atoms with Crippen molar-refractivity contribution in [3.05, 3.63) is 23.5 Å². The molecule has 116 valence electrons. The number of hydrogen-bond acceptors (Lipinski definition) is 4. The van der Waals surface area contributed by atoms with Gasteiger partial charge < -0.3 is 10.2 Å². The van der Waals surface area contributed by atoms with Gasteiger partial charge in [0.05, 0.1) is 11.7 Å². The van der Waals surface area contributed by atoms with Gasteiger partial charge in [0.2, 0.25) is 0 Å². The van der Waals surface area contributed by atoms with Gasteiger partial charge in [-0.3, -0.25) is 0 Å². The van der Waals surface area contributed by atoms with Crippen molar-refractivity contribution in [2.75, 3.05) is 24.5 Å². The smallest absolute Gasteiger partial charge is 0.157 e. The van der Waals surface area contributed by atoms with Crippen molar-refractivity contribution in [2.24, 2.45) is 0 Å².